The third-order valence-electron chi connectivity index (χ3n) is 4.84. The molecule has 0 bridgehead atoms. The van der Waals surface area contributed by atoms with E-state index < -0.39 is 17.8 Å². The molecule has 0 spiro atoms. The van der Waals surface area contributed by atoms with E-state index in [1.165, 1.54) is 17.7 Å². The van der Waals surface area contributed by atoms with Gasteiger partial charge in [-0.3, -0.25) is 0 Å². The van der Waals surface area contributed by atoms with Crippen molar-refractivity contribution in [3.05, 3.63) is 95.6 Å². The normalized spacial score (nSPS) is 15.6. The van der Waals surface area contributed by atoms with Crippen molar-refractivity contribution >= 4 is 23.3 Å². The van der Waals surface area contributed by atoms with Gasteiger partial charge < -0.3 is 15.4 Å². The van der Waals surface area contributed by atoms with Crippen LogP contribution < -0.4 is 10.6 Å². The molecule has 0 saturated carbocycles. The van der Waals surface area contributed by atoms with Crippen LogP contribution in [0, 0.1) is 0 Å². The fraction of sp³-hybridized carbons (Fsp3) is 0.167. The van der Waals surface area contributed by atoms with Gasteiger partial charge in [0.05, 0.1) is 11.6 Å². The van der Waals surface area contributed by atoms with Crippen LogP contribution in [0.25, 0.3) is 0 Å². The van der Waals surface area contributed by atoms with Crippen LogP contribution in [0.15, 0.2) is 83.9 Å². The fourth-order valence-corrected chi connectivity index (χ4v) is 3.36. The molecule has 1 heterocycles. The number of anilines is 2. The largest absolute Gasteiger partial charge is 0.475 e. The molecule has 1 aliphatic heterocycles. The molecule has 2 N–H and O–H groups in total. The minimum absolute atomic E-state index is 0.00761. The maximum atomic E-state index is 12.8. The molecule has 3 aromatic carbocycles. The zero-order valence-corrected chi connectivity index (χ0v) is 16.9. The van der Waals surface area contributed by atoms with Crippen LogP contribution in [0.3, 0.4) is 0 Å². The molecule has 1 aliphatic rings. The zero-order valence-electron chi connectivity index (χ0n) is 16.9. The average molecular weight is 439 g/mol. The first kappa shape index (κ1) is 21.4. The fourth-order valence-electron chi connectivity index (χ4n) is 3.36. The van der Waals surface area contributed by atoms with Crippen molar-refractivity contribution in [1.29, 1.82) is 0 Å². The van der Waals surface area contributed by atoms with Gasteiger partial charge in [0.2, 0.25) is 5.90 Å². The van der Waals surface area contributed by atoms with Gasteiger partial charge in [0, 0.05) is 16.9 Å². The number of hydrogen-bond donors (Lipinski definition) is 2. The first-order chi connectivity index (χ1) is 15.4. The molecule has 4 rings (SSSR count). The second-order valence-corrected chi connectivity index (χ2v) is 7.33. The molecule has 164 valence electrons. The van der Waals surface area contributed by atoms with Crippen LogP contribution in [-0.4, -0.2) is 24.6 Å². The number of hydrogen-bond acceptors (Lipinski definition) is 3. The quantitative estimate of drug-likeness (QED) is 0.533. The Morgan fingerprint density at radius 2 is 1.62 bits per heavy atom. The molecule has 0 unspecified atom stereocenters. The monoisotopic (exact) mass is 439 g/mol. The van der Waals surface area contributed by atoms with Crippen molar-refractivity contribution in [3.63, 3.8) is 0 Å². The van der Waals surface area contributed by atoms with Crippen molar-refractivity contribution in [3.8, 4) is 0 Å². The first-order valence-electron chi connectivity index (χ1n) is 9.97. The molecule has 32 heavy (non-hydrogen) atoms. The van der Waals surface area contributed by atoms with Crippen LogP contribution in [0.4, 0.5) is 29.3 Å². The smallest absolute Gasteiger partial charge is 0.416 e. The van der Waals surface area contributed by atoms with Gasteiger partial charge >= 0.3 is 12.2 Å². The maximum absolute atomic E-state index is 12.8. The van der Waals surface area contributed by atoms with E-state index in [1.807, 2.05) is 36.4 Å². The summed E-state index contributed by atoms with van der Waals surface area (Å²) in [6, 6.07) is 20.7. The summed E-state index contributed by atoms with van der Waals surface area (Å²) in [5.41, 5.74) is 1.55. The number of ether oxygens (including phenoxy) is 1. The minimum Gasteiger partial charge on any atom is -0.475 e. The SMILES string of the molecule is O=C(Nc1cccc(C2=N[C@H](Cc3ccccc3)CO2)c1)Nc1cccc(C(F)(F)F)c1. The van der Waals surface area contributed by atoms with E-state index in [9.17, 15) is 18.0 Å². The predicted molar refractivity (Wildman–Crippen MR) is 117 cm³/mol. The number of amides is 2. The number of rotatable bonds is 5. The van der Waals surface area contributed by atoms with Crippen LogP contribution in [0.1, 0.15) is 16.7 Å². The molecule has 0 fully saturated rings. The number of nitrogens with zero attached hydrogens (tertiary/aromatic N) is 1. The third-order valence-corrected chi connectivity index (χ3v) is 4.84. The number of carbonyl (C=O) groups is 1. The highest BCUT2D eigenvalue weighted by molar-refractivity contribution is 6.01. The van der Waals surface area contributed by atoms with E-state index in [0.29, 0.717) is 23.8 Å². The van der Waals surface area contributed by atoms with Gasteiger partial charge in [0.15, 0.2) is 0 Å². The highest BCUT2D eigenvalue weighted by Crippen LogP contribution is 2.30. The van der Waals surface area contributed by atoms with E-state index in [1.54, 1.807) is 18.2 Å². The van der Waals surface area contributed by atoms with Gasteiger partial charge in [0.25, 0.3) is 0 Å². The predicted octanol–water partition coefficient (Wildman–Crippen LogP) is 5.74. The summed E-state index contributed by atoms with van der Waals surface area (Å²) in [5, 5.41) is 5.04. The van der Waals surface area contributed by atoms with E-state index in [0.717, 1.165) is 18.6 Å². The van der Waals surface area contributed by atoms with Crippen LogP contribution >= 0.6 is 0 Å². The summed E-state index contributed by atoms with van der Waals surface area (Å²) in [5.74, 6) is 0.493. The number of aliphatic imine (C=N–C) groups is 1. The average Bonchev–Trinajstić information content (AvgIpc) is 3.23. The van der Waals surface area contributed by atoms with Crippen molar-refractivity contribution in [2.75, 3.05) is 17.2 Å². The van der Waals surface area contributed by atoms with Gasteiger partial charge in [-0.1, -0.05) is 42.5 Å². The Hall–Kier alpha value is -3.81. The zero-order chi connectivity index (χ0) is 22.6. The Labute approximate surface area is 182 Å². The topological polar surface area (TPSA) is 62.7 Å². The second-order valence-electron chi connectivity index (χ2n) is 7.33. The Morgan fingerprint density at radius 1 is 0.938 bits per heavy atom. The Bertz CT molecular complexity index is 1130. The summed E-state index contributed by atoms with van der Waals surface area (Å²) in [6.07, 6.45) is -3.72. The molecule has 5 nitrogen and oxygen atoms in total. The lowest BCUT2D eigenvalue weighted by Gasteiger charge is -2.11. The lowest BCUT2D eigenvalue weighted by molar-refractivity contribution is -0.137. The number of carbonyl (C=O) groups excluding carboxylic acids is 1. The molecule has 1 atom stereocenters. The summed E-state index contributed by atoms with van der Waals surface area (Å²) < 4.78 is 44.3. The van der Waals surface area contributed by atoms with Gasteiger partial charge in [-0.25, -0.2) is 9.79 Å². The first-order valence-corrected chi connectivity index (χ1v) is 9.97. The van der Waals surface area contributed by atoms with Crippen molar-refractivity contribution in [1.82, 2.24) is 0 Å². The summed E-state index contributed by atoms with van der Waals surface area (Å²) in [6.45, 7) is 0.470. The Balaban J connectivity index is 1.40. The number of benzene rings is 3. The highest BCUT2D eigenvalue weighted by Gasteiger charge is 2.30. The van der Waals surface area contributed by atoms with Crippen molar-refractivity contribution in [2.24, 2.45) is 4.99 Å². The van der Waals surface area contributed by atoms with Gasteiger partial charge in [-0.15, -0.1) is 0 Å². The molecule has 0 aliphatic carbocycles. The minimum atomic E-state index is -4.48. The molecular formula is C24H20F3N3O2. The van der Waals surface area contributed by atoms with E-state index in [-0.39, 0.29) is 11.7 Å². The summed E-state index contributed by atoms with van der Waals surface area (Å²) in [4.78, 5) is 16.9. The lowest BCUT2D eigenvalue weighted by atomic mass is 10.1. The molecule has 3 aromatic rings. The molecule has 0 aromatic heterocycles. The van der Waals surface area contributed by atoms with Crippen LogP contribution in [0.5, 0.6) is 0 Å². The van der Waals surface area contributed by atoms with Crippen LogP contribution in [0.2, 0.25) is 0 Å². The number of nitrogens with one attached hydrogen (secondary N) is 2. The highest BCUT2D eigenvalue weighted by atomic mass is 19.4. The molecule has 8 heteroatoms. The van der Waals surface area contributed by atoms with Gasteiger partial charge in [-0.2, -0.15) is 13.2 Å². The van der Waals surface area contributed by atoms with Crippen molar-refractivity contribution in [2.45, 2.75) is 18.6 Å². The van der Waals surface area contributed by atoms with E-state index in [2.05, 4.69) is 15.6 Å². The number of halogens is 3. The van der Waals surface area contributed by atoms with Gasteiger partial charge in [0.1, 0.15) is 6.61 Å². The standard InChI is InChI=1S/C24H20F3N3O2/c25-24(26,27)18-9-5-11-20(14-18)30-23(31)29-19-10-4-8-17(13-19)22-28-21(15-32-22)12-16-6-2-1-3-7-16/h1-11,13-14,21H,12,15H2,(H2,29,30,31)/t21-/m1/s1. The maximum Gasteiger partial charge on any atom is 0.416 e. The number of urea groups is 1. The summed E-state index contributed by atoms with van der Waals surface area (Å²) in [7, 11) is 0. The Kier molecular flexibility index (Phi) is 6.11. The molecule has 0 saturated heterocycles. The summed E-state index contributed by atoms with van der Waals surface area (Å²) >= 11 is 0. The van der Waals surface area contributed by atoms with Gasteiger partial charge in [-0.05, 0) is 48.4 Å². The third kappa shape index (κ3) is 5.46. The second kappa shape index (κ2) is 9.13. The molecular weight excluding hydrogens is 419 g/mol. The Morgan fingerprint density at radius 3 is 2.34 bits per heavy atom. The van der Waals surface area contributed by atoms with E-state index in [4.69, 9.17) is 4.74 Å². The molecule has 0 radical (unpaired) electrons. The van der Waals surface area contributed by atoms with E-state index >= 15 is 0 Å². The number of alkyl halides is 3. The van der Waals surface area contributed by atoms with Crippen LogP contribution in [-0.2, 0) is 17.3 Å². The lowest BCUT2D eigenvalue weighted by Crippen LogP contribution is -2.20. The van der Waals surface area contributed by atoms with Crippen molar-refractivity contribution < 1.29 is 22.7 Å². The molecule has 2 amide bonds.